The first-order valence-electron chi connectivity index (χ1n) is 7.53. The molecule has 5 nitrogen and oxygen atoms in total. The number of hydrogen-bond donors (Lipinski definition) is 1. The Hall–Kier alpha value is -3.42. The Morgan fingerprint density at radius 3 is 2.58 bits per heavy atom. The van der Waals surface area contributed by atoms with Crippen LogP contribution in [0.5, 0.6) is 11.8 Å². The van der Waals surface area contributed by atoms with Crippen molar-refractivity contribution in [2.24, 2.45) is 5.10 Å². The maximum atomic E-state index is 12.7. The summed E-state index contributed by atoms with van der Waals surface area (Å²) in [6.07, 6.45) is -1.99. The molecule has 0 aliphatic rings. The highest BCUT2D eigenvalue weighted by Gasteiger charge is 2.33. The van der Waals surface area contributed by atoms with E-state index in [0.29, 0.717) is 11.3 Å². The summed E-state index contributed by atoms with van der Waals surface area (Å²) in [5.74, 6) is 0.299. The molecule has 0 bridgehead atoms. The fourth-order valence-corrected chi connectivity index (χ4v) is 2.01. The van der Waals surface area contributed by atoms with E-state index in [9.17, 15) is 13.2 Å². The van der Waals surface area contributed by atoms with Crippen molar-refractivity contribution in [1.29, 1.82) is 0 Å². The van der Waals surface area contributed by atoms with Gasteiger partial charge in [0.2, 0.25) is 0 Å². The number of alkyl halides is 3. The molecule has 2 aromatic carbocycles. The van der Waals surface area contributed by atoms with E-state index in [1.807, 2.05) is 30.3 Å². The lowest BCUT2D eigenvalue weighted by Gasteiger charge is -2.08. The van der Waals surface area contributed by atoms with Crippen molar-refractivity contribution in [2.45, 2.75) is 6.18 Å². The Labute approximate surface area is 147 Å². The molecule has 0 saturated heterocycles. The van der Waals surface area contributed by atoms with E-state index >= 15 is 0 Å². The fourth-order valence-electron chi connectivity index (χ4n) is 2.01. The van der Waals surface area contributed by atoms with Crippen molar-refractivity contribution in [3.63, 3.8) is 0 Å². The van der Waals surface area contributed by atoms with Crippen molar-refractivity contribution in [3.05, 3.63) is 78.1 Å². The number of nitrogens with one attached hydrogen (secondary N) is 1. The Morgan fingerprint density at radius 2 is 1.81 bits per heavy atom. The molecule has 1 heterocycles. The smallest absolute Gasteiger partial charge is 0.424 e. The van der Waals surface area contributed by atoms with E-state index < -0.39 is 11.9 Å². The first-order chi connectivity index (χ1) is 12.5. The SMILES string of the molecule is FC(F)(F)c1ccnc(Oc2cccc(C=NNc3ccccc3)c2)n1. The summed E-state index contributed by atoms with van der Waals surface area (Å²) < 4.78 is 43.4. The van der Waals surface area contributed by atoms with Crippen LogP contribution in [0.1, 0.15) is 11.3 Å². The molecule has 0 unspecified atom stereocenters. The minimum absolute atomic E-state index is 0.299. The lowest BCUT2D eigenvalue weighted by Crippen LogP contribution is -2.08. The molecule has 0 aliphatic carbocycles. The molecule has 0 saturated carbocycles. The Bertz CT molecular complexity index is 898. The van der Waals surface area contributed by atoms with E-state index in [1.165, 1.54) is 0 Å². The van der Waals surface area contributed by atoms with Crippen LogP contribution in [0.3, 0.4) is 0 Å². The van der Waals surface area contributed by atoms with Crippen molar-refractivity contribution in [3.8, 4) is 11.8 Å². The molecule has 1 N–H and O–H groups in total. The van der Waals surface area contributed by atoms with Gasteiger partial charge in [0.25, 0.3) is 0 Å². The van der Waals surface area contributed by atoms with Gasteiger partial charge in [-0.3, -0.25) is 5.43 Å². The van der Waals surface area contributed by atoms with Crippen LogP contribution in [0.15, 0.2) is 72.0 Å². The molecule has 0 fully saturated rings. The third-order valence-corrected chi connectivity index (χ3v) is 3.17. The molecule has 0 radical (unpaired) electrons. The lowest BCUT2D eigenvalue weighted by molar-refractivity contribution is -0.141. The Morgan fingerprint density at radius 1 is 1.00 bits per heavy atom. The summed E-state index contributed by atoms with van der Waals surface area (Å²) in [4.78, 5) is 7.07. The minimum atomic E-state index is -4.56. The summed E-state index contributed by atoms with van der Waals surface area (Å²) in [6.45, 7) is 0. The van der Waals surface area contributed by atoms with Gasteiger partial charge in [-0.25, -0.2) is 4.98 Å². The van der Waals surface area contributed by atoms with E-state index in [4.69, 9.17) is 4.74 Å². The quantitative estimate of drug-likeness (QED) is 0.529. The van der Waals surface area contributed by atoms with Gasteiger partial charge < -0.3 is 4.74 Å². The number of aromatic nitrogens is 2. The number of rotatable bonds is 5. The molecule has 3 rings (SSSR count). The first-order valence-corrected chi connectivity index (χ1v) is 7.53. The van der Waals surface area contributed by atoms with Crippen molar-refractivity contribution in [2.75, 3.05) is 5.43 Å². The molecular weight excluding hydrogens is 345 g/mol. The second-order valence-corrected chi connectivity index (χ2v) is 5.13. The summed E-state index contributed by atoms with van der Waals surface area (Å²) in [6, 6.07) is 16.4. The van der Waals surface area contributed by atoms with Gasteiger partial charge in [-0.2, -0.15) is 23.3 Å². The van der Waals surface area contributed by atoms with Crippen molar-refractivity contribution < 1.29 is 17.9 Å². The van der Waals surface area contributed by atoms with Gasteiger partial charge >= 0.3 is 12.2 Å². The first kappa shape index (κ1) is 17.4. The number of nitrogens with zero attached hydrogens (tertiary/aromatic N) is 3. The van der Waals surface area contributed by atoms with Crippen LogP contribution in [-0.4, -0.2) is 16.2 Å². The molecule has 1 aromatic heterocycles. The molecule has 0 amide bonds. The lowest BCUT2D eigenvalue weighted by atomic mass is 10.2. The average Bonchev–Trinajstić information content (AvgIpc) is 2.63. The number of halogens is 3. The van der Waals surface area contributed by atoms with Gasteiger partial charge in [-0.15, -0.1) is 0 Å². The van der Waals surface area contributed by atoms with Crippen LogP contribution in [0.2, 0.25) is 0 Å². The molecule has 8 heteroatoms. The van der Waals surface area contributed by atoms with E-state index in [2.05, 4.69) is 20.5 Å². The van der Waals surface area contributed by atoms with Gasteiger partial charge in [-0.1, -0.05) is 30.3 Å². The molecule has 132 valence electrons. The van der Waals surface area contributed by atoms with Gasteiger partial charge in [0.1, 0.15) is 5.75 Å². The van der Waals surface area contributed by atoms with Crippen LogP contribution >= 0.6 is 0 Å². The van der Waals surface area contributed by atoms with Gasteiger partial charge in [0.15, 0.2) is 5.69 Å². The molecule has 0 spiro atoms. The normalized spacial score (nSPS) is 11.5. The van der Waals surface area contributed by atoms with Crippen LogP contribution in [0.4, 0.5) is 18.9 Å². The predicted octanol–water partition coefficient (Wildman–Crippen LogP) is 4.73. The second kappa shape index (κ2) is 7.64. The summed E-state index contributed by atoms with van der Waals surface area (Å²) in [7, 11) is 0. The summed E-state index contributed by atoms with van der Waals surface area (Å²) >= 11 is 0. The predicted molar refractivity (Wildman–Crippen MR) is 91.2 cm³/mol. The number of para-hydroxylation sites is 1. The molecular formula is C18H13F3N4O. The minimum Gasteiger partial charge on any atom is -0.424 e. The van der Waals surface area contributed by atoms with Gasteiger partial charge in [0, 0.05) is 6.20 Å². The Balaban J connectivity index is 1.70. The third kappa shape index (κ3) is 4.79. The number of ether oxygens (including phenoxy) is 1. The molecule has 0 atom stereocenters. The van der Waals surface area contributed by atoms with Crippen LogP contribution in [0, 0.1) is 0 Å². The maximum absolute atomic E-state index is 12.7. The fraction of sp³-hybridized carbons (Fsp3) is 0.0556. The van der Waals surface area contributed by atoms with Crippen LogP contribution in [-0.2, 0) is 6.18 Å². The zero-order valence-electron chi connectivity index (χ0n) is 13.3. The monoisotopic (exact) mass is 358 g/mol. The topological polar surface area (TPSA) is 59.4 Å². The second-order valence-electron chi connectivity index (χ2n) is 5.13. The highest BCUT2D eigenvalue weighted by molar-refractivity contribution is 5.80. The average molecular weight is 358 g/mol. The van der Waals surface area contributed by atoms with Crippen LogP contribution < -0.4 is 10.2 Å². The van der Waals surface area contributed by atoms with Gasteiger partial charge in [-0.05, 0) is 35.9 Å². The maximum Gasteiger partial charge on any atom is 0.433 e. The zero-order valence-corrected chi connectivity index (χ0v) is 13.3. The number of hydrazone groups is 1. The number of anilines is 1. The Kier molecular flexibility index (Phi) is 5.12. The summed E-state index contributed by atoms with van der Waals surface area (Å²) in [5, 5.41) is 4.10. The highest BCUT2D eigenvalue weighted by Crippen LogP contribution is 2.28. The largest absolute Gasteiger partial charge is 0.433 e. The van der Waals surface area contributed by atoms with E-state index in [-0.39, 0.29) is 6.01 Å². The third-order valence-electron chi connectivity index (χ3n) is 3.17. The van der Waals surface area contributed by atoms with Crippen LogP contribution in [0.25, 0.3) is 0 Å². The van der Waals surface area contributed by atoms with E-state index in [1.54, 1.807) is 30.5 Å². The molecule has 3 aromatic rings. The van der Waals surface area contributed by atoms with Crippen molar-refractivity contribution >= 4 is 11.9 Å². The highest BCUT2D eigenvalue weighted by atomic mass is 19.4. The standard InChI is InChI=1S/C18H13F3N4O/c19-18(20,21)16-9-10-22-17(24-16)26-15-8-4-5-13(11-15)12-23-25-14-6-2-1-3-7-14/h1-12,25H. The molecule has 26 heavy (non-hydrogen) atoms. The van der Waals surface area contributed by atoms with Gasteiger partial charge in [0.05, 0.1) is 11.9 Å². The zero-order chi connectivity index (χ0) is 18.4. The summed E-state index contributed by atoms with van der Waals surface area (Å²) in [5.41, 5.74) is 3.32. The number of benzene rings is 2. The van der Waals surface area contributed by atoms with Crippen molar-refractivity contribution in [1.82, 2.24) is 9.97 Å². The number of hydrogen-bond acceptors (Lipinski definition) is 5. The molecule has 0 aliphatic heterocycles. The van der Waals surface area contributed by atoms with E-state index in [0.717, 1.165) is 18.0 Å².